The van der Waals surface area contributed by atoms with Crippen LogP contribution in [-0.4, -0.2) is 57.0 Å². The summed E-state index contributed by atoms with van der Waals surface area (Å²) in [5.41, 5.74) is -0.482. The summed E-state index contributed by atoms with van der Waals surface area (Å²) in [7, 11) is 0. The van der Waals surface area contributed by atoms with Crippen LogP contribution in [0.4, 0.5) is 0 Å². The van der Waals surface area contributed by atoms with Crippen molar-refractivity contribution in [1.82, 2.24) is 15.1 Å². The summed E-state index contributed by atoms with van der Waals surface area (Å²) in [5.74, 6) is -0.195. The number of amidine groups is 1. The highest BCUT2D eigenvalue weighted by molar-refractivity contribution is 6.10. The molecule has 7 nitrogen and oxygen atoms in total. The average molecular weight is 401 g/mol. The first kappa shape index (κ1) is 21.3. The Kier molecular flexibility index (Phi) is 5.70. The van der Waals surface area contributed by atoms with Crippen LogP contribution in [0.25, 0.3) is 0 Å². The summed E-state index contributed by atoms with van der Waals surface area (Å²) in [6.07, 6.45) is 9.37. The molecule has 0 aromatic rings. The predicted octanol–water partition coefficient (Wildman–Crippen LogP) is 2.54. The van der Waals surface area contributed by atoms with Gasteiger partial charge in [-0.2, -0.15) is 4.99 Å². The largest absolute Gasteiger partial charge is 0.350 e. The van der Waals surface area contributed by atoms with Gasteiger partial charge in [-0.15, -0.1) is 0 Å². The predicted molar refractivity (Wildman–Crippen MR) is 112 cm³/mol. The highest BCUT2D eigenvalue weighted by atomic mass is 16.2. The second-order valence-electron chi connectivity index (χ2n) is 9.56. The Bertz CT molecular complexity index is 799. The molecule has 2 heterocycles. The third kappa shape index (κ3) is 4.60. The lowest BCUT2D eigenvalue weighted by Gasteiger charge is -2.45. The Labute approximate surface area is 172 Å². The van der Waals surface area contributed by atoms with Crippen LogP contribution in [0.2, 0.25) is 0 Å². The van der Waals surface area contributed by atoms with Crippen LogP contribution in [0.3, 0.4) is 0 Å². The molecule has 29 heavy (non-hydrogen) atoms. The lowest BCUT2D eigenvalue weighted by molar-refractivity contribution is -0.148. The Morgan fingerprint density at radius 1 is 1.28 bits per heavy atom. The number of aliphatic imine (C=N–C) groups is 1. The number of fused-ring (bicyclic) bond motifs is 1. The van der Waals surface area contributed by atoms with E-state index in [-0.39, 0.29) is 42.3 Å². The third-order valence-corrected chi connectivity index (χ3v) is 5.66. The maximum absolute atomic E-state index is 13.9. The Balaban J connectivity index is 1.91. The van der Waals surface area contributed by atoms with E-state index in [1.165, 1.54) is 0 Å². The van der Waals surface area contributed by atoms with Gasteiger partial charge in [0, 0.05) is 17.8 Å². The van der Waals surface area contributed by atoms with Crippen LogP contribution < -0.4 is 5.32 Å². The van der Waals surface area contributed by atoms with Crippen molar-refractivity contribution in [2.75, 3.05) is 6.54 Å². The zero-order valence-electron chi connectivity index (χ0n) is 18.1. The molecule has 1 aliphatic carbocycles. The number of carbonyl (C=O) groups excluding carboxylic acids is 3. The Morgan fingerprint density at radius 2 is 1.93 bits per heavy atom. The van der Waals surface area contributed by atoms with Crippen LogP contribution in [0, 0.1) is 0 Å². The van der Waals surface area contributed by atoms with Crippen molar-refractivity contribution < 1.29 is 14.4 Å². The Morgan fingerprint density at radius 3 is 2.55 bits per heavy atom. The zero-order valence-corrected chi connectivity index (χ0v) is 18.1. The summed E-state index contributed by atoms with van der Waals surface area (Å²) < 4.78 is 0. The minimum absolute atomic E-state index is 0.00291. The van der Waals surface area contributed by atoms with Crippen LogP contribution in [0.1, 0.15) is 66.7 Å². The van der Waals surface area contributed by atoms with Crippen molar-refractivity contribution in [1.29, 1.82) is 0 Å². The molecule has 0 bridgehead atoms. The monoisotopic (exact) mass is 400 g/mol. The fourth-order valence-electron chi connectivity index (χ4n) is 4.32. The maximum Gasteiger partial charge on any atom is 0.250 e. The number of allylic oxidation sites excluding steroid dienone is 2. The lowest BCUT2D eigenvalue weighted by Crippen LogP contribution is -2.63. The first-order valence-corrected chi connectivity index (χ1v) is 10.4. The van der Waals surface area contributed by atoms with E-state index in [0.29, 0.717) is 5.84 Å². The molecule has 1 unspecified atom stereocenters. The van der Waals surface area contributed by atoms with Gasteiger partial charge in [0.05, 0.1) is 13.0 Å². The van der Waals surface area contributed by atoms with Gasteiger partial charge in [-0.1, -0.05) is 18.9 Å². The molecule has 2 aliphatic heterocycles. The van der Waals surface area contributed by atoms with Gasteiger partial charge in [0.25, 0.3) is 5.91 Å². The number of nitrogens with one attached hydrogen (secondary N) is 1. The van der Waals surface area contributed by atoms with Gasteiger partial charge >= 0.3 is 0 Å². The van der Waals surface area contributed by atoms with E-state index in [0.717, 1.165) is 31.3 Å². The molecule has 158 valence electrons. The minimum atomic E-state index is -1.09. The van der Waals surface area contributed by atoms with Crippen molar-refractivity contribution >= 4 is 23.6 Å². The molecule has 0 radical (unpaired) electrons. The number of rotatable bonds is 4. The molecule has 3 aliphatic rings. The van der Waals surface area contributed by atoms with Crippen LogP contribution in [0.5, 0.6) is 0 Å². The summed E-state index contributed by atoms with van der Waals surface area (Å²) in [6, 6.07) is 0.0212. The topological polar surface area (TPSA) is 82.1 Å². The SMILES string of the molecule is CC1=CN2C(=NC(=O)CC2(C)C(=O)N(CC(=O)NC(C)(C)C)C2CCCC2)C=C1. The lowest BCUT2D eigenvalue weighted by atomic mass is 9.89. The molecule has 1 atom stereocenters. The summed E-state index contributed by atoms with van der Waals surface area (Å²) in [5, 5.41) is 2.96. The van der Waals surface area contributed by atoms with Crippen molar-refractivity contribution in [3.8, 4) is 0 Å². The number of nitrogens with zero attached hydrogens (tertiary/aromatic N) is 3. The summed E-state index contributed by atoms with van der Waals surface area (Å²) in [6.45, 7) is 9.50. The quantitative estimate of drug-likeness (QED) is 0.786. The molecule has 0 aromatic heterocycles. The van der Waals surface area contributed by atoms with E-state index in [2.05, 4.69) is 10.3 Å². The highest BCUT2D eigenvalue weighted by Gasteiger charge is 2.49. The Hall–Kier alpha value is -2.44. The van der Waals surface area contributed by atoms with Gasteiger partial charge in [0.15, 0.2) is 0 Å². The van der Waals surface area contributed by atoms with Gasteiger partial charge in [-0.25, -0.2) is 0 Å². The first-order chi connectivity index (χ1) is 13.5. The number of carbonyl (C=O) groups is 3. The molecular weight excluding hydrogens is 368 g/mol. The van der Waals surface area contributed by atoms with E-state index in [9.17, 15) is 14.4 Å². The van der Waals surface area contributed by atoms with Gasteiger partial charge in [-0.3, -0.25) is 14.4 Å². The van der Waals surface area contributed by atoms with E-state index in [4.69, 9.17) is 0 Å². The van der Waals surface area contributed by atoms with Gasteiger partial charge < -0.3 is 15.1 Å². The normalized spacial score (nSPS) is 24.7. The summed E-state index contributed by atoms with van der Waals surface area (Å²) >= 11 is 0. The molecule has 7 heteroatoms. The maximum atomic E-state index is 13.9. The summed E-state index contributed by atoms with van der Waals surface area (Å²) in [4.78, 5) is 46.5. The second-order valence-corrected chi connectivity index (χ2v) is 9.56. The van der Waals surface area contributed by atoms with Crippen LogP contribution in [0.15, 0.2) is 28.9 Å². The van der Waals surface area contributed by atoms with Gasteiger partial charge in [-0.05, 0) is 59.1 Å². The van der Waals surface area contributed by atoms with Crippen molar-refractivity contribution in [3.63, 3.8) is 0 Å². The van der Waals surface area contributed by atoms with Crippen molar-refractivity contribution in [3.05, 3.63) is 23.9 Å². The van der Waals surface area contributed by atoms with E-state index in [1.54, 1.807) is 22.8 Å². The zero-order chi connectivity index (χ0) is 21.4. The molecule has 1 saturated carbocycles. The van der Waals surface area contributed by atoms with E-state index >= 15 is 0 Å². The average Bonchev–Trinajstić information content (AvgIpc) is 3.12. The fourth-order valence-corrected chi connectivity index (χ4v) is 4.32. The van der Waals surface area contributed by atoms with Crippen molar-refractivity contribution in [2.24, 2.45) is 4.99 Å². The smallest absolute Gasteiger partial charge is 0.250 e. The standard InChI is InChI=1S/C22H32N4O3/c1-15-10-11-17-23-18(27)12-22(5,26(17)13-15)20(29)25(16-8-6-7-9-16)14-19(28)24-21(2,3)4/h10-11,13,16H,6-9,12,14H2,1-5H3,(H,24,28). The highest BCUT2D eigenvalue weighted by Crippen LogP contribution is 2.33. The molecule has 1 fully saturated rings. The molecular formula is C22H32N4O3. The van der Waals surface area contributed by atoms with Crippen LogP contribution in [-0.2, 0) is 14.4 Å². The van der Waals surface area contributed by atoms with E-state index < -0.39 is 5.54 Å². The fraction of sp³-hybridized carbons (Fsp3) is 0.636. The van der Waals surface area contributed by atoms with E-state index in [1.807, 2.05) is 40.0 Å². The minimum Gasteiger partial charge on any atom is -0.350 e. The third-order valence-electron chi connectivity index (χ3n) is 5.66. The van der Waals surface area contributed by atoms with Gasteiger partial charge in [0.2, 0.25) is 11.8 Å². The molecule has 3 amide bonds. The van der Waals surface area contributed by atoms with Crippen LogP contribution >= 0.6 is 0 Å². The molecule has 0 aromatic carbocycles. The molecule has 1 N–H and O–H groups in total. The number of hydrogen-bond acceptors (Lipinski definition) is 4. The van der Waals surface area contributed by atoms with Crippen molar-refractivity contribution in [2.45, 2.75) is 83.8 Å². The molecule has 0 saturated heterocycles. The number of amides is 3. The second kappa shape index (κ2) is 7.76. The first-order valence-electron chi connectivity index (χ1n) is 10.4. The number of hydrogen-bond donors (Lipinski definition) is 1. The van der Waals surface area contributed by atoms with Gasteiger partial charge in [0.1, 0.15) is 11.4 Å². The molecule has 3 rings (SSSR count). The molecule has 0 spiro atoms.